The Bertz CT molecular complexity index is 1260. The number of benzene rings is 2. The summed E-state index contributed by atoms with van der Waals surface area (Å²) in [6.45, 7) is 3.16. The molecule has 0 saturated heterocycles. The molecule has 3 rings (SSSR count). The van der Waals surface area contributed by atoms with Crippen LogP contribution in [-0.4, -0.2) is 12.1 Å². The molecule has 8 heteroatoms. The average Bonchev–Trinajstić information content (AvgIpc) is 3.36. The predicted molar refractivity (Wildman–Crippen MR) is 108 cm³/mol. The van der Waals surface area contributed by atoms with Crippen LogP contribution in [0, 0.1) is 28.6 Å². The van der Waals surface area contributed by atoms with E-state index in [0.717, 1.165) is 6.08 Å². The number of halogens is 4. The third-order valence-corrected chi connectivity index (χ3v) is 5.31. The average molecular weight is 455 g/mol. The SMILES string of the molecule is [2H]c1c([2H])c([2H])c(Oc2cccc([C@@H](C#N)OC(=O)[C@H]3[C@@H](/C=C(\Cl)C(F)(F)F)C3(C)C)c2)c([2H])c1[2H]. The van der Waals surface area contributed by atoms with Crippen molar-refractivity contribution in [3.05, 3.63) is 71.1 Å². The van der Waals surface area contributed by atoms with E-state index in [0.29, 0.717) is 0 Å². The molecule has 0 radical (unpaired) electrons. The zero-order valence-electron chi connectivity index (χ0n) is 21.3. The predicted octanol–water partition coefficient (Wildman–Crippen LogP) is 6.54. The summed E-state index contributed by atoms with van der Waals surface area (Å²) in [4.78, 5) is 12.7. The topological polar surface area (TPSA) is 59.3 Å². The largest absolute Gasteiger partial charge is 0.457 e. The maximum atomic E-state index is 12.8. The Morgan fingerprint density at radius 1 is 1.29 bits per heavy atom. The van der Waals surface area contributed by atoms with Crippen LogP contribution in [0.2, 0.25) is 0 Å². The van der Waals surface area contributed by atoms with Crippen LogP contribution in [0.5, 0.6) is 11.5 Å². The fourth-order valence-corrected chi connectivity index (χ4v) is 3.33. The molecule has 162 valence electrons. The smallest absolute Gasteiger partial charge is 0.426 e. The number of hydrogen-bond donors (Lipinski definition) is 0. The lowest BCUT2D eigenvalue weighted by molar-refractivity contribution is -0.149. The van der Waals surface area contributed by atoms with Crippen LogP contribution in [0.25, 0.3) is 0 Å². The van der Waals surface area contributed by atoms with Gasteiger partial charge in [0.05, 0.1) is 12.8 Å². The quantitative estimate of drug-likeness (QED) is 0.465. The summed E-state index contributed by atoms with van der Waals surface area (Å²) in [6.07, 6.45) is -5.42. The van der Waals surface area contributed by atoms with Crippen LogP contribution >= 0.6 is 11.6 Å². The van der Waals surface area contributed by atoms with Gasteiger partial charge in [-0.3, -0.25) is 4.79 Å². The monoisotopic (exact) mass is 454 g/mol. The highest BCUT2D eigenvalue weighted by Crippen LogP contribution is 2.60. The highest BCUT2D eigenvalue weighted by molar-refractivity contribution is 6.30. The molecule has 2 aromatic carbocycles. The molecule has 0 heterocycles. The fourth-order valence-electron chi connectivity index (χ4n) is 3.20. The Balaban J connectivity index is 1.81. The van der Waals surface area contributed by atoms with E-state index in [-0.39, 0.29) is 11.3 Å². The van der Waals surface area contributed by atoms with Crippen molar-refractivity contribution in [2.24, 2.45) is 17.3 Å². The van der Waals surface area contributed by atoms with E-state index in [9.17, 15) is 23.2 Å². The van der Waals surface area contributed by atoms with Gasteiger partial charge in [0.1, 0.15) is 22.6 Å². The molecule has 2 aromatic rings. The van der Waals surface area contributed by atoms with Crippen molar-refractivity contribution in [1.82, 2.24) is 0 Å². The Morgan fingerprint density at radius 2 is 1.97 bits per heavy atom. The maximum absolute atomic E-state index is 12.8. The van der Waals surface area contributed by atoms with Gasteiger partial charge < -0.3 is 9.47 Å². The molecule has 1 aliphatic carbocycles. The number of allylic oxidation sites excluding steroid dienone is 2. The summed E-state index contributed by atoms with van der Waals surface area (Å²) in [7, 11) is 0. The third kappa shape index (κ3) is 5.20. The zero-order valence-corrected chi connectivity index (χ0v) is 17.1. The molecule has 31 heavy (non-hydrogen) atoms. The molecule has 0 aliphatic heterocycles. The third-order valence-electron chi connectivity index (χ3n) is 4.97. The zero-order chi connectivity index (χ0) is 27.2. The molecule has 0 N–H and O–H groups in total. The Kier molecular flexibility index (Phi) is 4.65. The van der Waals surface area contributed by atoms with Crippen LogP contribution < -0.4 is 4.74 Å². The van der Waals surface area contributed by atoms with Crippen LogP contribution in [0.1, 0.15) is 32.4 Å². The number of nitriles is 1. The first-order valence-electron chi connectivity index (χ1n) is 11.5. The normalized spacial score (nSPS) is 23.3. The van der Waals surface area contributed by atoms with Gasteiger partial charge in [0.2, 0.25) is 6.10 Å². The number of ether oxygens (including phenoxy) is 2. The lowest BCUT2D eigenvalue weighted by Gasteiger charge is -2.13. The van der Waals surface area contributed by atoms with E-state index in [1.807, 2.05) is 0 Å². The number of esters is 1. The van der Waals surface area contributed by atoms with Crippen molar-refractivity contribution in [3.8, 4) is 17.6 Å². The van der Waals surface area contributed by atoms with Gasteiger partial charge >= 0.3 is 12.1 Å². The van der Waals surface area contributed by atoms with Gasteiger partial charge in [-0.05, 0) is 35.6 Å². The number of carbonyl (C=O) groups excluding carboxylic acids is 1. The molecule has 1 saturated carbocycles. The van der Waals surface area contributed by atoms with E-state index in [1.165, 1.54) is 24.3 Å². The van der Waals surface area contributed by atoms with E-state index in [4.69, 9.17) is 27.9 Å². The number of alkyl halides is 3. The number of para-hydroxylation sites is 1. The van der Waals surface area contributed by atoms with E-state index in [2.05, 4.69) is 0 Å². The molecular formula is C23H19ClF3NO3. The molecule has 0 spiro atoms. The Labute approximate surface area is 189 Å². The second kappa shape index (κ2) is 8.64. The summed E-state index contributed by atoms with van der Waals surface area (Å²) >= 11 is 5.31. The first-order valence-corrected chi connectivity index (χ1v) is 9.38. The molecule has 0 bridgehead atoms. The van der Waals surface area contributed by atoms with Gasteiger partial charge in [0.15, 0.2) is 0 Å². The van der Waals surface area contributed by atoms with E-state index >= 15 is 0 Å². The van der Waals surface area contributed by atoms with Crippen LogP contribution in [0.4, 0.5) is 13.2 Å². The van der Waals surface area contributed by atoms with Crippen molar-refractivity contribution in [3.63, 3.8) is 0 Å². The summed E-state index contributed by atoms with van der Waals surface area (Å²) in [5.74, 6) is -3.09. The molecule has 1 aliphatic rings. The standard InChI is InChI=1S/C23H19ClF3NO3/c1-22(2)17(12-19(24)23(25,26)27)20(22)21(29)31-18(13-28)14-7-6-10-16(11-14)30-15-8-4-3-5-9-15/h3-12,17-18,20H,1-2H3/b19-12-/t17-,18-,20-/m1/s1/i3D,4D,5D,8D,9D. The van der Waals surface area contributed by atoms with Crippen molar-refractivity contribution in [2.75, 3.05) is 0 Å². The molecule has 3 atom stereocenters. The Hall–Kier alpha value is -2.98. The molecule has 1 fully saturated rings. The highest BCUT2D eigenvalue weighted by Gasteiger charge is 2.62. The second-order valence-electron chi connectivity index (χ2n) is 7.41. The summed E-state index contributed by atoms with van der Waals surface area (Å²) < 4.78 is 88.1. The van der Waals surface area contributed by atoms with Gasteiger partial charge in [0.25, 0.3) is 0 Å². The molecule has 0 amide bonds. The fraction of sp³-hybridized carbons (Fsp3) is 0.304. The van der Waals surface area contributed by atoms with Gasteiger partial charge in [-0.2, -0.15) is 18.4 Å². The number of carbonyl (C=O) groups is 1. The number of rotatable bonds is 6. The number of nitrogens with zero attached hydrogens (tertiary/aromatic N) is 1. The second-order valence-corrected chi connectivity index (χ2v) is 7.82. The van der Waals surface area contributed by atoms with E-state index < -0.39 is 76.5 Å². The van der Waals surface area contributed by atoms with Gasteiger partial charge in [0, 0.05) is 5.56 Å². The first kappa shape index (κ1) is 16.7. The van der Waals surface area contributed by atoms with Crippen molar-refractivity contribution in [1.29, 1.82) is 5.26 Å². The number of hydrogen-bond acceptors (Lipinski definition) is 4. The Morgan fingerprint density at radius 3 is 2.58 bits per heavy atom. The minimum Gasteiger partial charge on any atom is -0.457 e. The van der Waals surface area contributed by atoms with Crippen LogP contribution in [0.3, 0.4) is 0 Å². The molecular weight excluding hydrogens is 431 g/mol. The maximum Gasteiger partial charge on any atom is 0.426 e. The van der Waals surface area contributed by atoms with Crippen LogP contribution in [-0.2, 0) is 9.53 Å². The van der Waals surface area contributed by atoms with Gasteiger partial charge in [-0.1, -0.05) is 61.8 Å². The van der Waals surface area contributed by atoms with Crippen molar-refractivity contribution in [2.45, 2.75) is 26.1 Å². The van der Waals surface area contributed by atoms with Crippen LogP contribution in [0.15, 0.2) is 65.6 Å². The van der Waals surface area contributed by atoms with Crippen molar-refractivity contribution >= 4 is 17.6 Å². The molecule has 0 unspecified atom stereocenters. The van der Waals surface area contributed by atoms with Gasteiger partial charge in [-0.15, -0.1) is 0 Å². The minimum absolute atomic E-state index is 0.00634. The summed E-state index contributed by atoms with van der Waals surface area (Å²) in [5, 5.41) is 8.23. The summed E-state index contributed by atoms with van der Waals surface area (Å²) in [5.41, 5.74) is -0.719. The summed E-state index contributed by atoms with van der Waals surface area (Å²) in [6, 6.07) is 4.47. The first-order chi connectivity index (χ1) is 16.6. The molecule has 4 nitrogen and oxygen atoms in total. The van der Waals surface area contributed by atoms with E-state index in [1.54, 1.807) is 19.9 Å². The lowest BCUT2D eigenvalue weighted by atomic mass is 10.1. The van der Waals surface area contributed by atoms with Gasteiger partial charge in [-0.25, -0.2) is 0 Å². The minimum atomic E-state index is -4.75. The molecule has 0 aromatic heterocycles. The highest BCUT2D eigenvalue weighted by atomic mass is 35.5. The van der Waals surface area contributed by atoms with Crippen molar-refractivity contribution < 1.29 is 34.3 Å². The lowest BCUT2D eigenvalue weighted by Crippen LogP contribution is -2.14.